The zero-order chi connectivity index (χ0) is 17.0. The molecule has 0 aromatic heterocycles. The van der Waals surface area contributed by atoms with Crippen LogP contribution in [0.2, 0.25) is 0 Å². The monoisotopic (exact) mass is 334 g/mol. The first kappa shape index (κ1) is 17.8. The molecule has 1 aromatic carbocycles. The van der Waals surface area contributed by atoms with Crippen LogP contribution in [0.5, 0.6) is 5.75 Å². The zero-order valence-electron chi connectivity index (χ0n) is 12.6. The molecule has 0 aliphatic heterocycles. The van der Waals surface area contributed by atoms with Gasteiger partial charge in [-0.1, -0.05) is 6.08 Å². The van der Waals surface area contributed by atoms with Crippen LogP contribution in [0.1, 0.15) is 50.0 Å². The quantitative estimate of drug-likeness (QED) is 0.467. The number of hydrogen-bond donors (Lipinski definition) is 0. The van der Waals surface area contributed by atoms with Crippen molar-refractivity contribution in [3.05, 3.63) is 42.0 Å². The van der Waals surface area contributed by atoms with Gasteiger partial charge in [-0.3, -0.25) is 0 Å². The summed E-state index contributed by atoms with van der Waals surface area (Å²) in [5.74, 6) is -3.47. The summed E-state index contributed by atoms with van der Waals surface area (Å²) in [6, 6.07) is 1.91. The zero-order valence-corrected chi connectivity index (χ0v) is 12.6. The molecule has 2 rings (SSSR count). The molecule has 128 valence electrons. The second-order valence-corrected chi connectivity index (χ2v) is 5.95. The Morgan fingerprint density at radius 2 is 1.65 bits per heavy atom. The molecule has 0 unspecified atom stereocenters. The molecule has 1 saturated carbocycles. The Bertz CT molecular complexity index is 521. The van der Waals surface area contributed by atoms with E-state index in [0.29, 0.717) is 11.5 Å². The Balaban J connectivity index is 2.06. The highest BCUT2D eigenvalue weighted by Crippen LogP contribution is 2.39. The molecule has 0 atom stereocenters. The van der Waals surface area contributed by atoms with Gasteiger partial charge in [-0.25, -0.2) is 8.78 Å². The van der Waals surface area contributed by atoms with E-state index in [-0.39, 0.29) is 5.92 Å². The topological polar surface area (TPSA) is 9.23 Å². The van der Waals surface area contributed by atoms with Crippen LogP contribution in [-0.4, -0.2) is 6.36 Å². The van der Waals surface area contributed by atoms with Gasteiger partial charge in [-0.2, -0.15) is 0 Å². The minimum Gasteiger partial charge on any atom is -0.399 e. The SMILES string of the molecule is C=CCCC1CCC(c2cc(F)c(OC(F)(F)F)c(F)c2)CC1. The van der Waals surface area contributed by atoms with Crippen molar-refractivity contribution in [3.8, 4) is 5.75 Å². The molecule has 1 aliphatic carbocycles. The van der Waals surface area contributed by atoms with Crippen LogP contribution in [-0.2, 0) is 0 Å². The van der Waals surface area contributed by atoms with Crippen molar-refractivity contribution in [3.63, 3.8) is 0 Å². The predicted octanol–water partition coefficient (Wildman–Crippen LogP) is 6.10. The summed E-state index contributed by atoms with van der Waals surface area (Å²) in [5, 5.41) is 0. The van der Waals surface area contributed by atoms with Gasteiger partial charge in [0.05, 0.1) is 0 Å². The van der Waals surface area contributed by atoms with Crippen molar-refractivity contribution in [2.45, 2.75) is 50.8 Å². The molecule has 0 N–H and O–H groups in total. The lowest BCUT2D eigenvalue weighted by Gasteiger charge is -2.29. The second-order valence-electron chi connectivity index (χ2n) is 5.95. The number of benzene rings is 1. The standard InChI is InChI=1S/C17H19F5O/c1-2-3-4-11-5-7-12(8-6-11)13-9-14(18)16(15(19)10-13)23-17(20,21)22/h2,9-12H,1,3-8H2. The first-order valence-electron chi connectivity index (χ1n) is 7.65. The van der Waals surface area contributed by atoms with Crippen molar-refractivity contribution in [1.29, 1.82) is 0 Å². The number of ether oxygens (including phenoxy) is 1. The van der Waals surface area contributed by atoms with Crippen molar-refractivity contribution in [1.82, 2.24) is 0 Å². The van der Waals surface area contributed by atoms with E-state index in [4.69, 9.17) is 0 Å². The number of hydrogen-bond acceptors (Lipinski definition) is 1. The first-order valence-corrected chi connectivity index (χ1v) is 7.65. The van der Waals surface area contributed by atoms with Crippen LogP contribution in [0.15, 0.2) is 24.8 Å². The van der Waals surface area contributed by atoms with Gasteiger partial charge in [0.2, 0.25) is 5.75 Å². The fourth-order valence-corrected chi connectivity index (χ4v) is 3.17. The minimum atomic E-state index is -5.12. The van der Waals surface area contributed by atoms with Gasteiger partial charge in [0.1, 0.15) is 0 Å². The smallest absolute Gasteiger partial charge is 0.399 e. The summed E-state index contributed by atoms with van der Waals surface area (Å²) in [6.07, 6.45) is 2.20. The highest BCUT2D eigenvalue weighted by Gasteiger charge is 2.34. The van der Waals surface area contributed by atoms with Crippen molar-refractivity contribution < 1.29 is 26.7 Å². The third-order valence-electron chi connectivity index (χ3n) is 4.34. The molecular weight excluding hydrogens is 315 g/mol. The van der Waals surface area contributed by atoms with Crippen LogP contribution in [0.4, 0.5) is 22.0 Å². The molecule has 0 bridgehead atoms. The van der Waals surface area contributed by atoms with Crippen LogP contribution >= 0.6 is 0 Å². The van der Waals surface area contributed by atoms with Gasteiger partial charge in [0.25, 0.3) is 0 Å². The normalized spacial score (nSPS) is 22.0. The molecule has 23 heavy (non-hydrogen) atoms. The Hall–Kier alpha value is -1.59. The molecule has 0 radical (unpaired) electrons. The van der Waals surface area contributed by atoms with Crippen molar-refractivity contribution >= 4 is 0 Å². The van der Waals surface area contributed by atoms with Gasteiger partial charge >= 0.3 is 6.36 Å². The fraction of sp³-hybridized carbons (Fsp3) is 0.529. The number of halogens is 5. The largest absolute Gasteiger partial charge is 0.573 e. The molecule has 1 fully saturated rings. The molecule has 1 nitrogen and oxygen atoms in total. The van der Waals surface area contributed by atoms with E-state index >= 15 is 0 Å². The lowest BCUT2D eigenvalue weighted by molar-refractivity contribution is -0.276. The maximum Gasteiger partial charge on any atom is 0.573 e. The average Bonchev–Trinajstić information content (AvgIpc) is 2.48. The second kappa shape index (κ2) is 7.32. The Morgan fingerprint density at radius 3 is 2.13 bits per heavy atom. The molecular formula is C17H19F5O. The van der Waals surface area contributed by atoms with E-state index in [9.17, 15) is 22.0 Å². The molecule has 0 heterocycles. The molecule has 0 spiro atoms. The van der Waals surface area contributed by atoms with Crippen LogP contribution in [0.25, 0.3) is 0 Å². The molecule has 0 amide bonds. The summed E-state index contributed by atoms with van der Waals surface area (Å²) in [6.45, 7) is 3.69. The van der Waals surface area contributed by atoms with Gasteiger partial charge in [0, 0.05) is 0 Å². The summed E-state index contributed by atoms with van der Waals surface area (Å²) >= 11 is 0. The maximum absolute atomic E-state index is 13.8. The van der Waals surface area contributed by atoms with Crippen molar-refractivity contribution in [2.75, 3.05) is 0 Å². The van der Waals surface area contributed by atoms with E-state index in [1.807, 2.05) is 6.08 Å². The molecule has 1 aliphatic rings. The Kier molecular flexibility index (Phi) is 5.65. The third kappa shape index (κ3) is 4.94. The Labute approximate surface area is 132 Å². The highest BCUT2D eigenvalue weighted by atomic mass is 19.4. The van der Waals surface area contributed by atoms with Gasteiger partial charge in [-0.05, 0) is 68.1 Å². The summed E-state index contributed by atoms with van der Waals surface area (Å²) in [5.41, 5.74) is 0.400. The number of allylic oxidation sites excluding steroid dienone is 1. The van der Waals surface area contributed by atoms with E-state index in [1.54, 1.807) is 0 Å². The minimum absolute atomic E-state index is 0.0288. The summed E-state index contributed by atoms with van der Waals surface area (Å²) < 4.78 is 67.4. The van der Waals surface area contributed by atoms with Crippen LogP contribution < -0.4 is 4.74 Å². The van der Waals surface area contributed by atoms with E-state index in [2.05, 4.69) is 11.3 Å². The maximum atomic E-state index is 13.8. The molecule has 0 saturated heterocycles. The van der Waals surface area contributed by atoms with Crippen LogP contribution in [0.3, 0.4) is 0 Å². The third-order valence-corrected chi connectivity index (χ3v) is 4.34. The van der Waals surface area contributed by atoms with Gasteiger partial charge in [-0.15, -0.1) is 19.8 Å². The average molecular weight is 334 g/mol. The van der Waals surface area contributed by atoms with Gasteiger partial charge in [0.15, 0.2) is 11.6 Å². The van der Waals surface area contributed by atoms with Crippen molar-refractivity contribution in [2.24, 2.45) is 5.92 Å². The lowest BCUT2D eigenvalue weighted by Crippen LogP contribution is -2.19. The highest BCUT2D eigenvalue weighted by molar-refractivity contribution is 5.33. The fourth-order valence-electron chi connectivity index (χ4n) is 3.17. The van der Waals surface area contributed by atoms with E-state index in [0.717, 1.165) is 50.7 Å². The molecule has 6 heteroatoms. The molecule has 1 aromatic rings. The van der Waals surface area contributed by atoms with E-state index < -0.39 is 23.7 Å². The first-order chi connectivity index (χ1) is 10.8. The summed E-state index contributed by atoms with van der Waals surface area (Å²) in [4.78, 5) is 0. The Morgan fingerprint density at radius 1 is 1.09 bits per heavy atom. The number of rotatable bonds is 5. The lowest BCUT2D eigenvalue weighted by atomic mass is 9.77. The van der Waals surface area contributed by atoms with E-state index in [1.165, 1.54) is 0 Å². The predicted molar refractivity (Wildman–Crippen MR) is 77.2 cm³/mol. The van der Waals surface area contributed by atoms with Crippen LogP contribution in [0, 0.1) is 17.6 Å². The number of alkyl halides is 3. The van der Waals surface area contributed by atoms with Gasteiger partial charge < -0.3 is 4.74 Å². The summed E-state index contributed by atoms with van der Waals surface area (Å²) in [7, 11) is 0.